The molecule has 4 heteroatoms. The fourth-order valence-corrected chi connectivity index (χ4v) is 5.74. The molecule has 2 aliphatic rings. The van der Waals surface area contributed by atoms with E-state index in [1.165, 1.54) is 56.2 Å². The molecule has 4 unspecified atom stereocenters. The van der Waals surface area contributed by atoms with Crippen LogP contribution < -0.4 is 4.74 Å². The molecule has 0 aromatic heterocycles. The summed E-state index contributed by atoms with van der Waals surface area (Å²) in [6.07, 6.45) is 14.3. The van der Waals surface area contributed by atoms with E-state index in [1.54, 1.807) is 12.1 Å². The molecule has 4 atom stereocenters. The molecule has 0 heterocycles. The summed E-state index contributed by atoms with van der Waals surface area (Å²) in [6, 6.07) is 10.2. The van der Waals surface area contributed by atoms with Crippen molar-refractivity contribution in [1.82, 2.24) is 0 Å². The van der Waals surface area contributed by atoms with Crippen molar-refractivity contribution in [3.8, 4) is 5.75 Å². The lowest BCUT2D eigenvalue weighted by Gasteiger charge is -2.41. The summed E-state index contributed by atoms with van der Waals surface area (Å²) in [7, 11) is 0. The van der Waals surface area contributed by atoms with E-state index in [9.17, 15) is 13.6 Å². The number of esters is 1. The first-order chi connectivity index (χ1) is 16.5. The van der Waals surface area contributed by atoms with Crippen LogP contribution in [0.15, 0.2) is 61.2 Å². The molecule has 180 valence electrons. The molecule has 2 aliphatic carbocycles. The maximum absolute atomic E-state index is 14.5. The highest BCUT2D eigenvalue weighted by molar-refractivity contribution is 5.91. The monoisotopic (exact) mass is 464 g/mol. The van der Waals surface area contributed by atoms with Crippen LogP contribution in [-0.2, 0) is 6.42 Å². The van der Waals surface area contributed by atoms with E-state index in [-0.39, 0.29) is 11.3 Å². The first-order valence-corrected chi connectivity index (χ1v) is 12.5. The molecule has 2 saturated carbocycles. The van der Waals surface area contributed by atoms with Crippen molar-refractivity contribution in [2.45, 2.75) is 64.2 Å². The Balaban J connectivity index is 1.37. The minimum Gasteiger partial charge on any atom is -0.420 e. The molecule has 0 N–H and O–H groups in total. The van der Waals surface area contributed by atoms with Gasteiger partial charge in [0, 0.05) is 0 Å². The van der Waals surface area contributed by atoms with Crippen LogP contribution in [0.4, 0.5) is 8.78 Å². The number of carbonyl (C=O) groups excluding carboxylic acids is 1. The number of aryl methyl sites for hydroxylation is 1. The molecule has 2 fully saturated rings. The minimum atomic E-state index is -1.12. The molecule has 2 nitrogen and oxygen atoms in total. The maximum atomic E-state index is 14.5. The van der Waals surface area contributed by atoms with Gasteiger partial charge in [0.15, 0.2) is 11.6 Å². The zero-order valence-electron chi connectivity index (χ0n) is 19.9. The third kappa shape index (κ3) is 5.48. The van der Waals surface area contributed by atoms with Gasteiger partial charge in [0.25, 0.3) is 0 Å². The number of carbonyl (C=O) groups is 1. The van der Waals surface area contributed by atoms with Crippen molar-refractivity contribution < 1.29 is 18.3 Å². The van der Waals surface area contributed by atoms with E-state index in [0.29, 0.717) is 30.2 Å². The highest BCUT2D eigenvalue weighted by Gasteiger charge is 2.35. The quantitative estimate of drug-likeness (QED) is 0.235. The predicted molar refractivity (Wildman–Crippen MR) is 132 cm³/mol. The number of allylic oxidation sites excluding steroid dienone is 3. The topological polar surface area (TPSA) is 26.3 Å². The fraction of sp³-hybridized carbons (Fsp3) is 0.433. The predicted octanol–water partition coefficient (Wildman–Crippen LogP) is 8.18. The second-order valence-corrected chi connectivity index (χ2v) is 9.81. The lowest BCUT2D eigenvalue weighted by Crippen LogP contribution is -2.29. The molecule has 0 spiro atoms. The summed E-state index contributed by atoms with van der Waals surface area (Å²) in [5.74, 6) is -0.365. The van der Waals surface area contributed by atoms with E-state index in [1.807, 2.05) is 31.2 Å². The molecule has 4 rings (SSSR count). The van der Waals surface area contributed by atoms with Crippen LogP contribution in [0.1, 0.15) is 79.3 Å². The van der Waals surface area contributed by atoms with E-state index in [0.717, 1.165) is 11.8 Å². The summed E-state index contributed by atoms with van der Waals surface area (Å²) < 4.78 is 34.0. The molecule has 2 aromatic carbocycles. The fourth-order valence-electron chi connectivity index (χ4n) is 5.74. The van der Waals surface area contributed by atoms with E-state index in [2.05, 4.69) is 12.7 Å². The summed E-state index contributed by atoms with van der Waals surface area (Å²) in [5.41, 5.74) is 1.84. The second-order valence-electron chi connectivity index (χ2n) is 9.81. The average Bonchev–Trinajstić information content (AvgIpc) is 2.87. The van der Waals surface area contributed by atoms with Crippen LogP contribution in [0.5, 0.6) is 5.75 Å². The molecule has 34 heavy (non-hydrogen) atoms. The smallest absolute Gasteiger partial charge is 0.343 e. The largest absolute Gasteiger partial charge is 0.420 e. The summed E-state index contributed by atoms with van der Waals surface area (Å²) in [5, 5.41) is 0. The molecule has 0 radical (unpaired) electrons. The molecule has 0 bridgehead atoms. The van der Waals surface area contributed by atoms with Gasteiger partial charge in [0.2, 0.25) is 5.82 Å². The van der Waals surface area contributed by atoms with Crippen LogP contribution >= 0.6 is 0 Å². The lowest BCUT2D eigenvalue weighted by molar-refractivity contribution is 0.0726. The van der Waals surface area contributed by atoms with Crippen molar-refractivity contribution in [3.63, 3.8) is 0 Å². The standard InChI is InChI=1S/C30H34F2O2/c1-3-5-6-7-22-16-17-27(29(32)28(22)31)34-30(33)23-12-10-21(11-13-23)25-15-14-24-18-20(4-2)8-9-26(24)19-25/h3-5,10-13,16-17,20,24-26H,2,6-9,14-15,18-19H2,1H3/b5-3+. The Bertz CT molecular complexity index is 1040. The number of ether oxygens (including phenoxy) is 1. The second kappa shape index (κ2) is 11.1. The Kier molecular flexibility index (Phi) is 7.97. The summed E-state index contributed by atoms with van der Waals surface area (Å²) in [4.78, 5) is 12.6. The number of rotatable bonds is 7. The van der Waals surface area contributed by atoms with Crippen molar-refractivity contribution in [1.29, 1.82) is 0 Å². The first kappa shape index (κ1) is 24.4. The number of hydrogen-bond acceptors (Lipinski definition) is 2. The zero-order valence-corrected chi connectivity index (χ0v) is 19.9. The summed E-state index contributed by atoms with van der Waals surface area (Å²) in [6.45, 7) is 5.86. The van der Waals surface area contributed by atoms with Gasteiger partial charge < -0.3 is 4.74 Å². The third-order valence-corrected chi connectivity index (χ3v) is 7.75. The number of fused-ring (bicyclic) bond motifs is 1. The third-order valence-electron chi connectivity index (χ3n) is 7.75. The van der Waals surface area contributed by atoms with Gasteiger partial charge in [-0.2, -0.15) is 4.39 Å². The Morgan fingerprint density at radius 3 is 2.47 bits per heavy atom. The van der Waals surface area contributed by atoms with Gasteiger partial charge in [-0.05, 0) is 111 Å². The molecular weight excluding hydrogens is 430 g/mol. The van der Waals surface area contributed by atoms with Crippen LogP contribution in [-0.4, -0.2) is 5.97 Å². The van der Waals surface area contributed by atoms with Gasteiger partial charge in [-0.1, -0.05) is 36.4 Å². The van der Waals surface area contributed by atoms with Gasteiger partial charge in [-0.3, -0.25) is 0 Å². The van der Waals surface area contributed by atoms with Gasteiger partial charge >= 0.3 is 5.97 Å². The molecular formula is C30H34F2O2. The van der Waals surface area contributed by atoms with E-state index in [4.69, 9.17) is 4.74 Å². The Hall–Kier alpha value is -2.75. The molecule has 0 aliphatic heterocycles. The van der Waals surface area contributed by atoms with Gasteiger partial charge in [-0.25, -0.2) is 9.18 Å². The first-order valence-electron chi connectivity index (χ1n) is 12.5. The van der Waals surface area contributed by atoms with Crippen LogP contribution in [0.2, 0.25) is 0 Å². The SMILES string of the molecule is C=CC1CCC2CC(c3ccc(C(=O)Oc4ccc(CC/C=C/C)c(F)c4F)cc3)CCC2C1. The van der Waals surface area contributed by atoms with Crippen LogP contribution in [0.3, 0.4) is 0 Å². The minimum absolute atomic E-state index is 0.271. The zero-order chi connectivity index (χ0) is 24.1. The van der Waals surface area contributed by atoms with E-state index < -0.39 is 17.6 Å². The lowest BCUT2D eigenvalue weighted by atomic mass is 9.64. The van der Waals surface area contributed by atoms with Crippen molar-refractivity contribution in [2.75, 3.05) is 0 Å². The van der Waals surface area contributed by atoms with Crippen LogP contribution in [0, 0.1) is 29.4 Å². The van der Waals surface area contributed by atoms with Gasteiger partial charge in [0.1, 0.15) is 0 Å². The normalized spacial score (nSPS) is 24.6. The maximum Gasteiger partial charge on any atom is 0.343 e. The Morgan fingerprint density at radius 1 is 1.00 bits per heavy atom. The van der Waals surface area contributed by atoms with Crippen molar-refractivity contribution >= 4 is 5.97 Å². The molecule has 0 saturated heterocycles. The highest BCUT2D eigenvalue weighted by Crippen LogP contribution is 2.47. The molecule has 0 amide bonds. The highest BCUT2D eigenvalue weighted by atomic mass is 19.2. The van der Waals surface area contributed by atoms with Crippen molar-refractivity contribution in [3.05, 3.63) is 89.5 Å². The average molecular weight is 465 g/mol. The van der Waals surface area contributed by atoms with E-state index >= 15 is 0 Å². The Labute approximate surface area is 201 Å². The van der Waals surface area contributed by atoms with Gasteiger partial charge in [-0.15, -0.1) is 6.58 Å². The number of hydrogen-bond donors (Lipinski definition) is 0. The van der Waals surface area contributed by atoms with Crippen LogP contribution in [0.25, 0.3) is 0 Å². The summed E-state index contributed by atoms with van der Waals surface area (Å²) >= 11 is 0. The Morgan fingerprint density at radius 2 is 1.74 bits per heavy atom. The number of benzene rings is 2. The molecule has 2 aromatic rings. The van der Waals surface area contributed by atoms with Crippen molar-refractivity contribution in [2.24, 2.45) is 17.8 Å². The van der Waals surface area contributed by atoms with Gasteiger partial charge in [0.05, 0.1) is 5.56 Å². The number of halogens is 2.